The van der Waals surface area contributed by atoms with E-state index in [1.54, 1.807) is 0 Å². The van der Waals surface area contributed by atoms with Crippen molar-refractivity contribution in [3.8, 4) is 5.75 Å². The van der Waals surface area contributed by atoms with Gasteiger partial charge in [-0.25, -0.2) is 4.39 Å². The van der Waals surface area contributed by atoms with Gasteiger partial charge >= 0.3 is 10.2 Å². The summed E-state index contributed by atoms with van der Waals surface area (Å²) >= 11 is 0. The number of hydrogen-bond acceptors (Lipinski definition) is 4. The highest BCUT2D eigenvalue weighted by Gasteiger charge is 2.23. The number of hydrogen-bond donors (Lipinski definition) is 2. The van der Waals surface area contributed by atoms with Gasteiger partial charge in [0.15, 0.2) is 11.6 Å². The summed E-state index contributed by atoms with van der Waals surface area (Å²) in [5, 5.41) is 3.07. The van der Waals surface area contributed by atoms with Gasteiger partial charge in [-0.2, -0.15) is 12.7 Å². The van der Waals surface area contributed by atoms with Crippen molar-refractivity contribution in [3.63, 3.8) is 0 Å². The molecule has 2 rings (SSSR count). The van der Waals surface area contributed by atoms with Crippen LogP contribution in [0.15, 0.2) is 18.2 Å². The molecule has 1 aromatic rings. The fourth-order valence-electron chi connectivity index (χ4n) is 1.82. The van der Waals surface area contributed by atoms with Crippen LogP contribution in [0.3, 0.4) is 0 Å². The molecule has 19 heavy (non-hydrogen) atoms. The molecule has 2 N–H and O–H groups in total. The van der Waals surface area contributed by atoms with Gasteiger partial charge in [-0.05, 0) is 12.1 Å². The summed E-state index contributed by atoms with van der Waals surface area (Å²) < 4.78 is 46.0. The van der Waals surface area contributed by atoms with E-state index in [4.69, 9.17) is 4.74 Å². The molecule has 1 saturated heterocycles. The molecule has 0 saturated carbocycles. The van der Waals surface area contributed by atoms with E-state index in [0.29, 0.717) is 26.2 Å². The van der Waals surface area contributed by atoms with E-state index in [0.717, 1.165) is 6.07 Å². The second-order valence-electron chi connectivity index (χ2n) is 4.11. The number of benzene rings is 1. The van der Waals surface area contributed by atoms with Gasteiger partial charge in [-0.3, -0.25) is 4.72 Å². The third kappa shape index (κ3) is 3.34. The number of methoxy groups -OCH3 is 1. The second kappa shape index (κ2) is 5.72. The van der Waals surface area contributed by atoms with E-state index >= 15 is 0 Å². The fraction of sp³-hybridized carbons (Fsp3) is 0.455. The Morgan fingerprint density at radius 3 is 2.68 bits per heavy atom. The van der Waals surface area contributed by atoms with Gasteiger partial charge in [0.05, 0.1) is 12.8 Å². The summed E-state index contributed by atoms with van der Waals surface area (Å²) in [5.41, 5.74) is 0.275. The molecule has 1 aliphatic rings. The van der Waals surface area contributed by atoms with Gasteiger partial charge in [0, 0.05) is 32.2 Å². The quantitative estimate of drug-likeness (QED) is 0.841. The SMILES string of the molecule is COc1cc(NS(=O)(=O)N2CCNCC2)ccc1F. The Morgan fingerprint density at radius 1 is 1.37 bits per heavy atom. The molecule has 0 aliphatic carbocycles. The first-order valence-electron chi connectivity index (χ1n) is 5.85. The lowest BCUT2D eigenvalue weighted by molar-refractivity contribution is 0.362. The predicted octanol–water partition coefficient (Wildman–Crippen LogP) is 0.396. The van der Waals surface area contributed by atoms with Gasteiger partial charge in [0.2, 0.25) is 0 Å². The van der Waals surface area contributed by atoms with E-state index in [1.807, 2.05) is 0 Å². The molecule has 8 heteroatoms. The summed E-state index contributed by atoms with van der Waals surface area (Å²) in [4.78, 5) is 0. The van der Waals surface area contributed by atoms with E-state index in [2.05, 4.69) is 10.0 Å². The summed E-state index contributed by atoms with van der Waals surface area (Å²) in [6.07, 6.45) is 0. The number of ether oxygens (including phenoxy) is 1. The Balaban J connectivity index is 2.15. The smallest absolute Gasteiger partial charge is 0.301 e. The lowest BCUT2D eigenvalue weighted by atomic mass is 10.3. The average Bonchev–Trinajstić information content (AvgIpc) is 2.42. The van der Waals surface area contributed by atoms with Crippen LogP contribution in [0.4, 0.5) is 10.1 Å². The fourth-order valence-corrected chi connectivity index (χ4v) is 3.04. The molecule has 0 bridgehead atoms. The summed E-state index contributed by atoms with van der Waals surface area (Å²) in [5.74, 6) is -0.534. The van der Waals surface area contributed by atoms with Crippen LogP contribution in [-0.2, 0) is 10.2 Å². The van der Waals surface area contributed by atoms with E-state index in [9.17, 15) is 12.8 Å². The minimum absolute atomic E-state index is 0.000473. The molecule has 0 radical (unpaired) electrons. The van der Waals surface area contributed by atoms with Crippen molar-refractivity contribution in [2.24, 2.45) is 0 Å². The molecule has 1 aliphatic heterocycles. The Morgan fingerprint density at radius 2 is 2.05 bits per heavy atom. The highest BCUT2D eigenvalue weighted by molar-refractivity contribution is 7.90. The van der Waals surface area contributed by atoms with Crippen molar-refractivity contribution in [1.29, 1.82) is 0 Å². The van der Waals surface area contributed by atoms with Gasteiger partial charge < -0.3 is 10.1 Å². The molecular formula is C11H16FN3O3S. The topological polar surface area (TPSA) is 70.7 Å². The van der Waals surface area contributed by atoms with Crippen molar-refractivity contribution < 1.29 is 17.5 Å². The molecule has 106 valence electrons. The molecule has 0 spiro atoms. The average molecular weight is 289 g/mol. The predicted molar refractivity (Wildman–Crippen MR) is 69.9 cm³/mol. The minimum atomic E-state index is -3.61. The lowest BCUT2D eigenvalue weighted by Crippen LogP contribution is -2.48. The molecule has 1 aromatic carbocycles. The first kappa shape index (κ1) is 14.0. The van der Waals surface area contributed by atoms with Gasteiger partial charge in [-0.15, -0.1) is 0 Å². The molecule has 1 fully saturated rings. The first-order chi connectivity index (χ1) is 9.03. The second-order valence-corrected chi connectivity index (χ2v) is 5.78. The van der Waals surface area contributed by atoms with Crippen molar-refractivity contribution in [2.75, 3.05) is 38.0 Å². The highest BCUT2D eigenvalue weighted by Crippen LogP contribution is 2.22. The van der Waals surface area contributed by atoms with Crippen LogP contribution in [0.2, 0.25) is 0 Å². The van der Waals surface area contributed by atoms with Crippen LogP contribution in [0.5, 0.6) is 5.75 Å². The number of rotatable bonds is 4. The van der Waals surface area contributed by atoms with Crippen LogP contribution >= 0.6 is 0 Å². The van der Waals surface area contributed by atoms with Gasteiger partial charge in [-0.1, -0.05) is 0 Å². The maximum absolute atomic E-state index is 13.2. The van der Waals surface area contributed by atoms with Crippen molar-refractivity contribution in [2.45, 2.75) is 0 Å². The zero-order chi connectivity index (χ0) is 13.9. The van der Waals surface area contributed by atoms with Crippen molar-refractivity contribution >= 4 is 15.9 Å². The summed E-state index contributed by atoms with van der Waals surface area (Å²) in [7, 11) is -2.28. The van der Waals surface area contributed by atoms with E-state index in [1.165, 1.54) is 23.5 Å². The van der Waals surface area contributed by atoms with Crippen LogP contribution in [-0.4, -0.2) is 46.0 Å². The standard InChI is InChI=1S/C11H16FN3O3S/c1-18-11-8-9(2-3-10(11)12)14-19(16,17)15-6-4-13-5-7-15/h2-3,8,13-14H,4-7H2,1H3. The molecule has 1 heterocycles. The molecule has 0 atom stereocenters. The van der Waals surface area contributed by atoms with Crippen molar-refractivity contribution in [1.82, 2.24) is 9.62 Å². The Bertz CT molecular complexity index is 544. The zero-order valence-electron chi connectivity index (χ0n) is 10.5. The maximum atomic E-state index is 13.2. The van der Waals surface area contributed by atoms with Gasteiger partial charge in [0.25, 0.3) is 0 Å². The Hall–Kier alpha value is -1.38. The Labute approximate surface area is 111 Å². The molecule has 6 nitrogen and oxygen atoms in total. The molecule has 0 aromatic heterocycles. The highest BCUT2D eigenvalue weighted by atomic mass is 32.2. The summed E-state index contributed by atoms with van der Waals surface area (Å²) in [6, 6.07) is 3.83. The number of piperazine rings is 1. The molecule has 0 amide bonds. The van der Waals surface area contributed by atoms with Crippen LogP contribution in [0, 0.1) is 5.82 Å². The van der Waals surface area contributed by atoms with Crippen LogP contribution < -0.4 is 14.8 Å². The first-order valence-corrected chi connectivity index (χ1v) is 7.29. The van der Waals surface area contributed by atoms with E-state index < -0.39 is 16.0 Å². The summed E-state index contributed by atoms with van der Waals surface area (Å²) in [6.45, 7) is 2.06. The van der Waals surface area contributed by atoms with Crippen molar-refractivity contribution in [3.05, 3.63) is 24.0 Å². The largest absolute Gasteiger partial charge is 0.494 e. The third-order valence-electron chi connectivity index (χ3n) is 2.81. The normalized spacial score (nSPS) is 17.2. The number of nitrogens with zero attached hydrogens (tertiary/aromatic N) is 1. The number of halogens is 1. The maximum Gasteiger partial charge on any atom is 0.301 e. The minimum Gasteiger partial charge on any atom is -0.494 e. The number of nitrogens with one attached hydrogen (secondary N) is 2. The van der Waals surface area contributed by atoms with E-state index in [-0.39, 0.29) is 11.4 Å². The lowest BCUT2D eigenvalue weighted by Gasteiger charge is -2.26. The number of anilines is 1. The van der Waals surface area contributed by atoms with Gasteiger partial charge in [0.1, 0.15) is 0 Å². The monoisotopic (exact) mass is 289 g/mol. The molecule has 0 unspecified atom stereocenters. The Kier molecular flexibility index (Phi) is 4.23. The zero-order valence-corrected chi connectivity index (χ0v) is 11.3. The van der Waals surface area contributed by atoms with Crippen LogP contribution in [0.25, 0.3) is 0 Å². The third-order valence-corrected chi connectivity index (χ3v) is 4.35. The molecular weight excluding hydrogens is 273 g/mol. The van der Waals surface area contributed by atoms with Crippen LogP contribution in [0.1, 0.15) is 0 Å².